The summed E-state index contributed by atoms with van der Waals surface area (Å²) >= 11 is 0. The fourth-order valence-corrected chi connectivity index (χ4v) is 2.15. The molecule has 0 bridgehead atoms. The Morgan fingerprint density at radius 1 is 1.00 bits per heavy atom. The molecule has 0 fully saturated rings. The molecule has 1 rings (SSSR count). The third-order valence-electron chi connectivity index (χ3n) is 3.47. The first-order valence-corrected chi connectivity index (χ1v) is 9.37. The Hall–Kier alpha value is -3.29. The summed E-state index contributed by atoms with van der Waals surface area (Å²) in [5.41, 5.74) is 16.2. The zero-order valence-corrected chi connectivity index (χ0v) is 17.1. The van der Waals surface area contributed by atoms with Crippen LogP contribution in [0.5, 0.6) is 0 Å². The van der Waals surface area contributed by atoms with E-state index in [1.807, 2.05) is 0 Å². The van der Waals surface area contributed by atoms with Gasteiger partial charge in [0, 0.05) is 12.6 Å². The first-order valence-electron chi connectivity index (χ1n) is 9.37. The van der Waals surface area contributed by atoms with Crippen LogP contribution in [0.4, 0.5) is 18.9 Å². The predicted octanol–water partition coefficient (Wildman–Crippen LogP) is 0.873. The number of benzene rings is 1. The molecule has 0 aliphatic rings. The number of allylic oxidation sites excluding steroid dienone is 2. The van der Waals surface area contributed by atoms with Crippen molar-refractivity contribution in [1.29, 1.82) is 0 Å². The molecule has 0 saturated heterocycles. The summed E-state index contributed by atoms with van der Waals surface area (Å²) in [6.07, 6.45) is -3.25. The van der Waals surface area contributed by atoms with Gasteiger partial charge in [0.05, 0.1) is 44.1 Å². The van der Waals surface area contributed by atoms with Crippen molar-refractivity contribution in [2.75, 3.05) is 38.3 Å². The molecular weight excluding hydrogens is 435 g/mol. The summed E-state index contributed by atoms with van der Waals surface area (Å²) in [5, 5.41) is 4.86. The van der Waals surface area contributed by atoms with E-state index in [4.69, 9.17) is 26.7 Å². The molecule has 32 heavy (non-hydrogen) atoms. The summed E-state index contributed by atoms with van der Waals surface area (Å²) in [6.45, 7) is 1.65. The van der Waals surface area contributed by atoms with Crippen molar-refractivity contribution in [2.45, 2.75) is 12.8 Å². The highest BCUT2D eigenvalue weighted by Crippen LogP contribution is 2.18. The van der Waals surface area contributed by atoms with Gasteiger partial charge in [-0.1, -0.05) is 12.1 Å². The number of carbonyl (C=O) groups is 2. The van der Waals surface area contributed by atoms with Gasteiger partial charge in [0.15, 0.2) is 5.88 Å². The average Bonchev–Trinajstić information content (AvgIpc) is 2.70. The van der Waals surface area contributed by atoms with Crippen molar-refractivity contribution >= 4 is 17.5 Å². The van der Waals surface area contributed by atoms with Crippen LogP contribution in [0.25, 0.3) is 0 Å². The smallest absolute Gasteiger partial charge is 0.391 e. The minimum absolute atomic E-state index is 0.0398. The number of rotatable bonds is 13. The van der Waals surface area contributed by atoms with Gasteiger partial charge in [-0.3, -0.25) is 9.59 Å². The fourth-order valence-electron chi connectivity index (χ4n) is 2.15. The van der Waals surface area contributed by atoms with E-state index in [0.29, 0.717) is 26.4 Å². The number of nitrogens with one attached hydrogen (secondary N) is 2. The molecule has 0 atom stereocenters. The van der Waals surface area contributed by atoms with E-state index in [1.165, 1.54) is 12.1 Å². The van der Waals surface area contributed by atoms with Crippen LogP contribution in [-0.4, -0.2) is 51.1 Å². The molecule has 8 N–H and O–H groups in total. The molecule has 0 heterocycles. The third kappa shape index (κ3) is 11.8. The minimum Gasteiger partial charge on any atom is -0.391 e. The SMILES string of the molecule is NCCOCCOCCC(=O)Nc1ccccc1C(=O)N/C(N)=C/C=C(\N)OC(F)(F)F. The molecule has 0 saturated carbocycles. The summed E-state index contributed by atoms with van der Waals surface area (Å²) in [4.78, 5) is 24.5. The summed E-state index contributed by atoms with van der Waals surface area (Å²) in [7, 11) is 0. The van der Waals surface area contributed by atoms with Crippen molar-refractivity contribution in [2.24, 2.45) is 17.2 Å². The van der Waals surface area contributed by atoms with Crippen molar-refractivity contribution < 1.29 is 37.0 Å². The quantitative estimate of drug-likeness (QED) is 0.164. The number of nitrogens with two attached hydrogens (primary N) is 3. The first kappa shape index (κ1) is 26.7. The Labute approximate surface area is 182 Å². The number of ether oxygens (including phenoxy) is 3. The zero-order valence-electron chi connectivity index (χ0n) is 17.1. The molecule has 10 nitrogen and oxygen atoms in total. The second-order valence-electron chi connectivity index (χ2n) is 6.05. The maximum absolute atomic E-state index is 12.4. The number of anilines is 1. The molecule has 0 aliphatic carbocycles. The van der Waals surface area contributed by atoms with Gasteiger partial charge in [0.2, 0.25) is 5.91 Å². The fraction of sp³-hybridized carbons (Fsp3) is 0.368. The summed E-state index contributed by atoms with van der Waals surface area (Å²) < 4.78 is 50.0. The molecule has 178 valence electrons. The summed E-state index contributed by atoms with van der Waals surface area (Å²) in [6, 6.07) is 6.10. The van der Waals surface area contributed by atoms with Crippen molar-refractivity contribution in [3.05, 3.63) is 53.7 Å². The molecule has 0 aliphatic heterocycles. The second-order valence-corrected chi connectivity index (χ2v) is 6.05. The van der Waals surface area contributed by atoms with Gasteiger partial charge in [-0.05, 0) is 18.2 Å². The highest BCUT2D eigenvalue weighted by molar-refractivity contribution is 6.04. The predicted molar refractivity (Wildman–Crippen MR) is 110 cm³/mol. The van der Waals surface area contributed by atoms with Crippen LogP contribution >= 0.6 is 0 Å². The second kappa shape index (κ2) is 13.9. The molecule has 0 radical (unpaired) electrons. The van der Waals surface area contributed by atoms with Crippen LogP contribution in [0.15, 0.2) is 48.1 Å². The highest BCUT2D eigenvalue weighted by atomic mass is 19.4. The van der Waals surface area contributed by atoms with E-state index < -0.39 is 24.1 Å². The molecule has 1 aromatic rings. The molecule has 13 heteroatoms. The van der Waals surface area contributed by atoms with Crippen LogP contribution in [-0.2, 0) is 19.0 Å². The van der Waals surface area contributed by atoms with E-state index in [2.05, 4.69) is 15.4 Å². The van der Waals surface area contributed by atoms with Crippen LogP contribution in [0, 0.1) is 0 Å². The molecule has 0 unspecified atom stereocenters. The largest absolute Gasteiger partial charge is 0.574 e. The van der Waals surface area contributed by atoms with Crippen molar-refractivity contribution in [3.8, 4) is 0 Å². The van der Waals surface area contributed by atoms with Gasteiger partial charge in [-0.25, -0.2) is 0 Å². The van der Waals surface area contributed by atoms with Crippen LogP contribution < -0.4 is 27.8 Å². The monoisotopic (exact) mass is 461 g/mol. The number of para-hydroxylation sites is 1. The normalized spacial score (nSPS) is 12.4. The Bertz CT molecular complexity index is 815. The number of halogens is 3. The van der Waals surface area contributed by atoms with Gasteiger partial charge >= 0.3 is 6.36 Å². The van der Waals surface area contributed by atoms with E-state index in [-0.39, 0.29) is 30.1 Å². The van der Waals surface area contributed by atoms with Crippen molar-refractivity contribution in [3.63, 3.8) is 0 Å². The minimum atomic E-state index is -4.95. The van der Waals surface area contributed by atoms with Crippen LogP contribution in [0.1, 0.15) is 16.8 Å². The standard InChI is InChI=1S/C19H26F3N5O5/c20-19(21,22)32-16(25)6-5-15(24)27-18(29)13-3-1-2-4-14(13)26-17(28)7-9-30-11-12-31-10-8-23/h1-6H,7-12,23-25H2,(H,26,28)(H,27,29)/b15-5+,16-6+. The van der Waals surface area contributed by atoms with Gasteiger partial charge in [0.1, 0.15) is 5.82 Å². The van der Waals surface area contributed by atoms with Gasteiger partial charge in [0.25, 0.3) is 5.91 Å². The van der Waals surface area contributed by atoms with Crippen LogP contribution in [0.2, 0.25) is 0 Å². The number of alkyl halides is 3. The number of carbonyl (C=O) groups excluding carboxylic acids is 2. The topological polar surface area (TPSA) is 164 Å². The lowest BCUT2D eigenvalue weighted by molar-refractivity contribution is -0.305. The maximum atomic E-state index is 12.4. The molecule has 0 aromatic heterocycles. The number of amides is 2. The van der Waals surface area contributed by atoms with Gasteiger partial charge < -0.3 is 42.0 Å². The average molecular weight is 461 g/mol. The van der Waals surface area contributed by atoms with Crippen LogP contribution in [0.3, 0.4) is 0 Å². The third-order valence-corrected chi connectivity index (χ3v) is 3.47. The summed E-state index contributed by atoms with van der Waals surface area (Å²) in [5.74, 6) is -2.35. The Morgan fingerprint density at radius 3 is 2.31 bits per heavy atom. The molecule has 2 amide bonds. The molecular formula is C19H26F3N5O5. The Kier molecular flexibility index (Phi) is 11.6. The van der Waals surface area contributed by atoms with E-state index in [9.17, 15) is 22.8 Å². The van der Waals surface area contributed by atoms with Crippen molar-refractivity contribution in [1.82, 2.24) is 5.32 Å². The highest BCUT2D eigenvalue weighted by Gasteiger charge is 2.31. The Balaban J connectivity index is 2.60. The molecule has 0 spiro atoms. The lowest BCUT2D eigenvalue weighted by Gasteiger charge is -2.12. The number of hydrogen-bond acceptors (Lipinski definition) is 8. The number of hydrogen-bond donors (Lipinski definition) is 5. The van der Waals surface area contributed by atoms with Gasteiger partial charge in [-0.15, -0.1) is 13.2 Å². The van der Waals surface area contributed by atoms with E-state index >= 15 is 0 Å². The zero-order chi connectivity index (χ0) is 24.0. The lowest BCUT2D eigenvalue weighted by atomic mass is 10.1. The van der Waals surface area contributed by atoms with E-state index in [1.54, 1.807) is 12.1 Å². The first-order chi connectivity index (χ1) is 15.1. The maximum Gasteiger partial charge on any atom is 0.574 e. The molecule has 1 aromatic carbocycles. The van der Waals surface area contributed by atoms with E-state index in [0.717, 1.165) is 12.2 Å². The van der Waals surface area contributed by atoms with Gasteiger partial charge in [-0.2, -0.15) is 0 Å². The Morgan fingerprint density at radius 2 is 1.66 bits per heavy atom. The lowest BCUT2D eigenvalue weighted by Crippen LogP contribution is -2.28.